The molecule has 0 fully saturated rings. The van der Waals surface area contributed by atoms with Crippen LogP contribution in [0.5, 0.6) is 0 Å². The van der Waals surface area contributed by atoms with Gasteiger partial charge in [0.05, 0.1) is 0 Å². The van der Waals surface area contributed by atoms with E-state index < -0.39 is 0 Å². The van der Waals surface area contributed by atoms with E-state index in [-0.39, 0.29) is 11.9 Å². The van der Waals surface area contributed by atoms with E-state index in [0.29, 0.717) is 16.1 Å². The first-order valence-corrected chi connectivity index (χ1v) is 7.28. The summed E-state index contributed by atoms with van der Waals surface area (Å²) in [7, 11) is 3.99. The minimum Gasteiger partial charge on any atom is -0.360 e. The van der Waals surface area contributed by atoms with E-state index in [9.17, 15) is 4.79 Å². The molecule has 2 N–H and O–H groups in total. The molecular weight excluding hydrogens is 262 g/mol. The second-order valence-corrected chi connectivity index (χ2v) is 6.01. The highest BCUT2D eigenvalue weighted by molar-refractivity contribution is 7.17. The van der Waals surface area contributed by atoms with Crippen LogP contribution in [0.4, 0.5) is 5.13 Å². The molecule has 108 valence electrons. The summed E-state index contributed by atoms with van der Waals surface area (Å²) in [5, 5.41) is 15.0. The van der Waals surface area contributed by atoms with Gasteiger partial charge in [-0.3, -0.25) is 4.79 Å². The van der Waals surface area contributed by atoms with Gasteiger partial charge in [-0.05, 0) is 26.9 Å². The van der Waals surface area contributed by atoms with Crippen LogP contribution in [-0.4, -0.2) is 54.2 Å². The standard InChI is InChI=1S/C12H23N5OS/c1-6-13-12-16-15-11(19-12)10(18)14-9(8(2)3)7-17(4)5/h8-9H,6-7H2,1-5H3,(H,13,16)(H,14,18). The van der Waals surface area contributed by atoms with Crippen molar-refractivity contribution in [2.45, 2.75) is 26.8 Å². The molecule has 0 bridgehead atoms. The van der Waals surface area contributed by atoms with Crippen LogP contribution >= 0.6 is 11.3 Å². The molecule has 0 spiro atoms. The zero-order valence-electron chi connectivity index (χ0n) is 12.2. The highest BCUT2D eigenvalue weighted by atomic mass is 32.1. The fourth-order valence-electron chi connectivity index (χ4n) is 1.58. The second kappa shape index (κ2) is 7.40. The lowest BCUT2D eigenvalue weighted by molar-refractivity contribution is 0.0915. The van der Waals surface area contributed by atoms with E-state index in [4.69, 9.17) is 0 Å². The van der Waals surface area contributed by atoms with Crippen molar-refractivity contribution in [2.24, 2.45) is 5.92 Å². The molecule has 0 aliphatic rings. The normalized spacial score (nSPS) is 12.8. The van der Waals surface area contributed by atoms with Crippen LogP contribution in [0.15, 0.2) is 0 Å². The molecule has 0 radical (unpaired) electrons. The molecule has 6 nitrogen and oxygen atoms in total. The van der Waals surface area contributed by atoms with E-state index in [0.717, 1.165) is 13.1 Å². The Bertz CT molecular complexity index is 405. The van der Waals surface area contributed by atoms with Gasteiger partial charge in [0.1, 0.15) is 0 Å². The summed E-state index contributed by atoms with van der Waals surface area (Å²) in [4.78, 5) is 14.2. The van der Waals surface area contributed by atoms with Gasteiger partial charge in [0, 0.05) is 19.1 Å². The predicted octanol–water partition coefficient (Wildman–Crippen LogP) is 1.29. The monoisotopic (exact) mass is 285 g/mol. The number of likely N-dealkylation sites (N-methyl/N-ethyl adjacent to an activating group) is 1. The van der Waals surface area contributed by atoms with E-state index >= 15 is 0 Å². The van der Waals surface area contributed by atoms with Gasteiger partial charge in [0.25, 0.3) is 5.91 Å². The zero-order valence-corrected chi connectivity index (χ0v) is 13.0. The molecule has 1 amide bonds. The van der Waals surface area contributed by atoms with Crippen LogP contribution in [-0.2, 0) is 0 Å². The maximum atomic E-state index is 12.1. The van der Waals surface area contributed by atoms with E-state index in [1.807, 2.05) is 21.0 Å². The Kier molecular flexibility index (Phi) is 6.17. The number of rotatable bonds is 7. The first-order valence-electron chi connectivity index (χ1n) is 6.47. The third-order valence-electron chi connectivity index (χ3n) is 2.63. The van der Waals surface area contributed by atoms with Gasteiger partial charge in [-0.1, -0.05) is 25.2 Å². The number of aromatic nitrogens is 2. The topological polar surface area (TPSA) is 70.1 Å². The quantitative estimate of drug-likeness (QED) is 0.790. The summed E-state index contributed by atoms with van der Waals surface area (Å²) in [6.45, 7) is 7.75. The van der Waals surface area contributed by atoms with Crippen molar-refractivity contribution in [1.82, 2.24) is 20.4 Å². The second-order valence-electron chi connectivity index (χ2n) is 5.03. The SMILES string of the molecule is CCNc1nnc(C(=O)NC(CN(C)C)C(C)C)s1. The molecule has 1 unspecified atom stereocenters. The van der Waals surface area contributed by atoms with Crippen LogP contribution in [0.3, 0.4) is 0 Å². The molecule has 0 aliphatic carbocycles. The Labute approximate surface area is 118 Å². The summed E-state index contributed by atoms with van der Waals surface area (Å²) in [6, 6.07) is 0.106. The van der Waals surface area contributed by atoms with Crippen molar-refractivity contribution in [3.8, 4) is 0 Å². The van der Waals surface area contributed by atoms with Crippen molar-refractivity contribution in [3.05, 3.63) is 5.01 Å². The number of hydrogen-bond acceptors (Lipinski definition) is 6. The molecule has 1 heterocycles. The van der Waals surface area contributed by atoms with Crippen molar-refractivity contribution < 1.29 is 4.79 Å². The minimum absolute atomic E-state index is 0.106. The Morgan fingerprint density at radius 2 is 2.05 bits per heavy atom. The van der Waals surface area contributed by atoms with Crippen molar-refractivity contribution in [1.29, 1.82) is 0 Å². The molecule has 1 rings (SSSR count). The van der Waals surface area contributed by atoms with Gasteiger partial charge in [0.15, 0.2) is 0 Å². The van der Waals surface area contributed by atoms with Gasteiger partial charge >= 0.3 is 0 Å². The van der Waals surface area contributed by atoms with E-state index in [2.05, 4.69) is 39.6 Å². The third kappa shape index (κ3) is 5.12. The molecule has 19 heavy (non-hydrogen) atoms. The molecule has 1 aromatic rings. The zero-order chi connectivity index (χ0) is 14.4. The number of nitrogens with one attached hydrogen (secondary N) is 2. The van der Waals surface area contributed by atoms with E-state index in [1.165, 1.54) is 11.3 Å². The minimum atomic E-state index is -0.151. The van der Waals surface area contributed by atoms with Crippen LogP contribution in [0.1, 0.15) is 30.6 Å². The van der Waals surface area contributed by atoms with Crippen LogP contribution in [0.25, 0.3) is 0 Å². The Morgan fingerprint density at radius 3 is 2.58 bits per heavy atom. The average molecular weight is 285 g/mol. The number of carbonyl (C=O) groups is 1. The highest BCUT2D eigenvalue weighted by Gasteiger charge is 2.20. The highest BCUT2D eigenvalue weighted by Crippen LogP contribution is 2.15. The first-order chi connectivity index (χ1) is 8.93. The third-order valence-corrected chi connectivity index (χ3v) is 3.51. The Hall–Kier alpha value is -1.21. The smallest absolute Gasteiger partial charge is 0.282 e. The lowest BCUT2D eigenvalue weighted by Crippen LogP contribution is -2.45. The molecule has 1 aromatic heterocycles. The molecule has 0 saturated carbocycles. The van der Waals surface area contributed by atoms with Crippen molar-refractivity contribution >= 4 is 22.4 Å². The maximum absolute atomic E-state index is 12.1. The number of carbonyl (C=O) groups excluding carboxylic acids is 1. The van der Waals surface area contributed by atoms with Crippen LogP contribution < -0.4 is 10.6 Å². The van der Waals surface area contributed by atoms with Crippen LogP contribution in [0.2, 0.25) is 0 Å². The summed E-state index contributed by atoms with van der Waals surface area (Å²) >= 11 is 1.28. The summed E-state index contributed by atoms with van der Waals surface area (Å²) in [5.74, 6) is 0.217. The predicted molar refractivity (Wildman–Crippen MR) is 78.7 cm³/mol. The summed E-state index contributed by atoms with van der Waals surface area (Å²) in [5.41, 5.74) is 0. The fraction of sp³-hybridized carbons (Fsp3) is 0.750. The molecule has 0 saturated heterocycles. The Balaban J connectivity index is 2.64. The van der Waals surface area contributed by atoms with Gasteiger partial charge < -0.3 is 15.5 Å². The largest absolute Gasteiger partial charge is 0.360 e. The molecule has 7 heteroatoms. The van der Waals surface area contributed by atoms with Gasteiger partial charge in [-0.15, -0.1) is 10.2 Å². The molecular formula is C12H23N5OS. The fourth-order valence-corrected chi connectivity index (χ4v) is 2.30. The molecule has 1 atom stereocenters. The van der Waals surface area contributed by atoms with Gasteiger partial charge in [-0.25, -0.2) is 0 Å². The lowest BCUT2D eigenvalue weighted by atomic mass is 10.0. The lowest BCUT2D eigenvalue weighted by Gasteiger charge is -2.25. The number of nitrogens with zero attached hydrogens (tertiary/aromatic N) is 3. The van der Waals surface area contributed by atoms with Crippen LogP contribution in [0, 0.1) is 5.92 Å². The first kappa shape index (κ1) is 15.8. The molecule has 0 aromatic carbocycles. The average Bonchev–Trinajstić information content (AvgIpc) is 2.76. The number of anilines is 1. The van der Waals surface area contributed by atoms with Crippen molar-refractivity contribution in [2.75, 3.05) is 32.5 Å². The molecule has 0 aliphatic heterocycles. The summed E-state index contributed by atoms with van der Waals surface area (Å²) < 4.78 is 0. The number of amides is 1. The van der Waals surface area contributed by atoms with E-state index in [1.54, 1.807) is 0 Å². The van der Waals surface area contributed by atoms with Crippen molar-refractivity contribution in [3.63, 3.8) is 0 Å². The Morgan fingerprint density at radius 1 is 1.37 bits per heavy atom. The number of hydrogen-bond donors (Lipinski definition) is 2. The van der Waals surface area contributed by atoms with Gasteiger partial charge in [-0.2, -0.15) is 0 Å². The van der Waals surface area contributed by atoms with Gasteiger partial charge in [0.2, 0.25) is 10.1 Å². The maximum Gasteiger partial charge on any atom is 0.282 e. The summed E-state index contributed by atoms with van der Waals surface area (Å²) in [6.07, 6.45) is 0.